The van der Waals surface area contributed by atoms with Gasteiger partial charge >= 0.3 is 0 Å². The quantitative estimate of drug-likeness (QED) is 0.679. The van der Waals surface area contributed by atoms with Crippen LogP contribution in [-0.2, 0) is 20.3 Å². The van der Waals surface area contributed by atoms with E-state index in [1.54, 1.807) is 7.11 Å². The Morgan fingerprint density at radius 1 is 1.12 bits per heavy atom. The first-order valence-electron chi connectivity index (χ1n) is 8.64. The summed E-state index contributed by atoms with van der Waals surface area (Å²) in [4.78, 5) is 1.32. The van der Waals surface area contributed by atoms with Crippen LogP contribution in [0.5, 0.6) is 5.75 Å². The van der Waals surface area contributed by atoms with E-state index in [-0.39, 0.29) is 0 Å². The number of hydrogen-bond acceptors (Lipinski definition) is 3. The van der Waals surface area contributed by atoms with Gasteiger partial charge in [0.25, 0.3) is 0 Å². The second kappa shape index (κ2) is 7.85. The fourth-order valence-corrected chi connectivity index (χ4v) is 3.29. The van der Waals surface area contributed by atoms with Crippen LogP contribution >= 0.6 is 12.2 Å². The van der Waals surface area contributed by atoms with E-state index in [0.717, 1.165) is 23.7 Å². The number of methoxy groups -OCH3 is 1. The molecule has 26 heavy (non-hydrogen) atoms. The first-order valence-corrected chi connectivity index (χ1v) is 9.05. The monoisotopic (exact) mass is 369 g/mol. The molecule has 0 saturated carbocycles. The highest BCUT2D eigenvalue weighted by Crippen LogP contribution is 2.27. The maximum absolute atomic E-state index is 5.61. The first kappa shape index (κ1) is 18.4. The molecule has 3 aromatic rings. The molecule has 1 aromatic heterocycles. The van der Waals surface area contributed by atoms with Gasteiger partial charge in [0, 0.05) is 12.6 Å². The Kier molecular flexibility index (Phi) is 5.54. The van der Waals surface area contributed by atoms with Crippen LogP contribution in [-0.4, -0.2) is 28.5 Å². The second-order valence-corrected chi connectivity index (χ2v) is 6.95. The van der Waals surface area contributed by atoms with Crippen molar-refractivity contribution in [3.63, 3.8) is 0 Å². The van der Waals surface area contributed by atoms with Gasteiger partial charge in [-0.1, -0.05) is 36.4 Å². The molecule has 0 saturated heterocycles. The fraction of sp³-hybridized carbons (Fsp3) is 0.300. The molecule has 3 rings (SSSR count). The summed E-state index contributed by atoms with van der Waals surface area (Å²) in [7, 11) is 5.78. The van der Waals surface area contributed by atoms with Crippen molar-refractivity contribution < 1.29 is 9.64 Å². The molecule has 1 unspecified atom stereocenters. The number of rotatable bonds is 6. The van der Waals surface area contributed by atoms with Gasteiger partial charge in [-0.2, -0.15) is 4.68 Å². The summed E-state index contributed by atoms with van der Waals surface area (Å²) in [6, 6.07) is 16.4. The van der Waals surface area contributed by atoms with Gasteiger partial charge in [-0.05, 0) is 36.8 Å². The van der Waals surface area contributed by atoms with Crippen molar-refractivity contribution in [1.82, 2.24) is 14.3 Å². The Bertz CT molecular complexity index is 960. The number of para-hydroxylation sites is 1. The molecule has 0 aliphatic heterocycles. The van der Waals surface area contributed by atoms with Crippen molar-refractivity contribution in [3.05, 3.63) is 64.4 Å². The number of benzene rings is 2. The Morgan fingerprint density at radius 2 is 1.81 bits per heavy atom. The van der Waals surface area contributed by atoms with Gasteiger partial charge < -0.3 is 14.2 Å². The van der Waals surface area contributed by atoms with Crippen molar-refractivity contribution in [2.24, 2.45) is 7.05 Å². The second-order valence-electron chi connectivity index (χ2n) is 6.58. The molecule has 0 spiro atoms. The lowest BCUT2D eigenvalue weighted by molar-refractivity contribution is -0.917. The van der Waals surface area contributed by atoms with Crippen LogP contribution < -0.4 is 9.64 Å². The topological polar surface area (TPSA) is 36.4 Å². The molecular weight excluding hydrogens is 344 g/mol. The summed E-state index contributed by atoms with van der Waals surface area (Å²) < 4.78 is 10.0. The molecule has 136 valence electrons. The van der Waals surface area contributed by atoms with Crippen molar-refractivity contribution in [3.8, 4) is 17.1 Å². The Balaban J connectivity index is 1.86. The summed E-state index contributed by atoms with van der Waals surface area (Å²) >= 11 is 5.61. The Hall–Kier alpha value is -2.44. The third-order valence-electron chi connectivity index (χ3n) is 4.56. The maximum atomic E-state index is 5.61. The zero-order valence-corrected chi connectivity index (χ0v) is 16.5. The predicted molar refractivity (Wildman–Crippen MR) is 106 cm³/mol. The summed E-state index contributed by atoms with van der Waals surface area (Å²) in [6.07, 6.45) is 0. The minimum Gasteiger partial charge on any atom is -0.496 e. The minimum atomic E-state index is 0.704. The predicted octanol–water partition coefficient (Wildman–Crippen LogP) is 2.61. The van der Waals surface area contributed by atoms with Crippen molar-refractivity contribution in [2.75, 3.05) is 14.2 Å². The van der Waals surface area contributed by atoms with E-state index in [2.05, 4.69) is 38.2 Å². The molecule has 0 aliphatic carbocycles. The van der Waals surface area contributed by atoms with Gasteiger partial charge in [0.1, 0.15) is 12.3 Å². The van der Waals surface area contributed by atoms with Gasteiger partial charge in [0.15, 0.2) is 12.5 Å². The van der Waals surface area contributed by atoms with E-state index in [1.165, 1.54) is 16.0 Å². The van der Waals surface area contributed by atoms with Gasteiger partial charge in [0.05, 0.1) is 19.7 Å². The lowest BCUT2D eigenvalue weighted by atomic mass is 10.1. The molecule has 1 N–H and O–H groups in total. The Labute approximate surface area is 159 Å². The zero-order valence-electron chi connectivity index (χ0n) is 15.7. The molecular formula is C20H25N4OS+. The third-order valence-corrected chi connectivity index (χ3v) is 5.05. The summed E-state index contributed by atoms with van der Waals surface area (Å²) in [5, 5.41) is 4.77. The van der Waals surface area contributed by atoms with Crippen LogP contribution in [0, 0.1) is 11.7 Å². The average molecular weight is 370 g/mol. The molecule has 0 radical (unpaired) electrons. The number of aromatic nitrogens is 3. The average Bonchev–Trinajstić information content (AvgIpc) is 2.92. The summed E-state index contributed by atoms with van der Waals surface area (Å²) in [5.74, 6) is 1.61. The number of aryl methyl sites for hydroxylation is 1. The molecule has 0 fully saturated rings. The van der Waals surface area contributed by atoms with Gasteiger partial charge in [0.2, 0.25) is 4.77 Å². The van der Waals surface area contributed by atoms with E-state index < -0.39 is 0 Å². The van der Waals surface area contributed by atoms with Crippen LogP contribution in [0.25, 0.3) is 11.4 Å². The molecule has 1 atom stereocenters. The Morgan fingerprint density at radius 3 is 2.54 bits per heavy atom. The highest BCUT2D eigenvalue weighted by Gasteiger charge is 2.16. The largest absolute Gasteiger partial charge is 0.496 e. The number of nitrogens with one attached hydrogen (secondary N) is 1. The van der Waals surface area contributed by atoms with E-state index in [1.807, 2.05) is 40.6 Å². The van der Waals surface area contributed by atoms with Crippen molar-refractivity contribution >= 4 is 12.2 Å². The first-order chi connectivity index (χ1) is 12.5. The minimum absolute atomic E-state index is 0.704. The van der Waals surface area contributed by atoms with Crippen LogP contribution in [0.3, 0.4) is 0 Å². The lowest BCUT2D eigenvalue weighted by Crippen LogP contribution is -3.07. The van der Waals surface area contributed by atoms with Crippen molar-refractivity contribution in [1.29, 1.82) is 0 Å². The van der Waals surface area contributed by atoms with Crippen molar-refractivity contribution in [2.45, 2.75) is 20.1 Å². The van der Waals surface area contributed by atoms with Crippen LogP contribution in [0.15, 0.2) is 48.5 Å². The molecule has 6 heteroatoms. The number of hydrogen-bond donors (Lipinski definition) is 1. The van der Waals surface area contributed by atoms with Crippen LogP contribution in [0.4, 0.5) is 0 Å². The lowest BCUT2D eigenvalue weighted by Gasteiger charge is -2.15. The zero-order chi connectivity index (χ0) is 18.7. The number of nitrogens with zero attached hydrogens (tertiary/aromatic N) is 3. The van der Waals surface area contributed by atoms with Gasteiger partial charge in [-0.15, -0.1) is 5.10 Å². The highest BCUT2D eigenvalue weighted by molar-refractivity contribution is 7.71. The third kappa shape index (κ3) is 3.71. The maximum Gasteiger partial charge on any atom is 0.202 e. The number of quaternary nitrogens is 1. The molecule has 0 amide bonds. The van der Waals surface area contributed by atoms with Crippen LogP contribution in [0.1, 0.15) is 11.1 Å². The van der Waals surface area contributed by atoms with E-state index in [4.69, 9.17) is 22.1 Å². The normalized spacial score (nSPS) is 12.2. The molecule has 2 aromatic carbocycles. The molecule has 0 bridgehead atoms. The highest BCUT2D eigenvalue weighted by atomic mass is 32.1. The van der Waals surface area contributed by atoms with Gasteiger partial charge in [-0.25, -0.2) is 0 Å². The summed E-state index contributed by atoms with van der Waals surface area (Å²) in [5.41, 5.74) is 3.60. The van der Waals surface area contributed by atoms with E-state index in [0.29, 0.717) is 11.4 Å². The van der Waals surface area contributed by atoms with E-state index >= 15 is 0 Å². The standard InChI is InChI=1S/C20H24N4OS/c1-15-9-5-6-10-16(15)13-22(2)14-24-20(26)23(3)19(21-24)17-11-7-8-12-18(17)25-4/h5-12H,13-14H2,1-4H3/p+1. The number of ether oxygens (including phenoxy) is 1. The van der Waals surface area contributed by atoms with Gasteiger partial charge in [-0.3, -0.25) is 0 Å². The fourth-order valence-electron chi connectivity index (χ4n) is 3.10. The summed E-state index contributed by atoms with van der Waals surface area (Å²) in [6.45, 7) is 3.78. The molecule has 0 aliphatic rings. The SMILES string of the molecule is COc1ccccc1-c1nn(C[NH+](C)Cc2ccccc2C)c(=S)n1C. The van der Waals surface area contributed by atoms with E-state index in [9.17, 15) is 0 Å². The van der Waals surface area contributed by atoms with Crippen LogP contribution in [0.2, 0.25) is 0 Å². The molecule has 5 nitrogen and oxygen atoms in total. The smallest absolute Gasteiger partial charge is 0.202 e. The molecule has 1 heterocycles.